The summed E-state index contributed by atoms with van der Waals surface area (Å²) in [7, 11) is -1.29. The molecule has 2 heterocycles. The zero-order valence-corrected chi connectivity index (χ0v) is 19.0. The highest BCUT2D eigenvalue weighted by Gasteiger charge is 2.23. The van der Waals surface area contributed by atoms with Crippen molar-refractivity contribution < 1.29 is 23.2 Å². The van der Waals surface area contributed by atoms with Gasteiger partial charge in [-0.3, -0.25) is 13.8 Å². The van der Waals surface area contributed by atoms with Crippen LogP contribution < -0.4 is 15.9 Å². The van der Waals surface area contributed by atoms with Crippen LogP contribution in [0.25, 0.3) is 11.1 Å². The van der Waals surface area contributed by atoms with Gasteiger partial charge >= 0.3 is 0 Å². The summed E-state index contributed by atoms with van der Waals surface area (Å²) in [5, 5.41) is 0. The van der Waals surface area contributed by atoms with E-state index in [-0.39, 0.29) is 28.4 Å². The lowest BCUT2D eigenvalue weighted by Gasteiger charge is -2.16. The van der Waals surface area contributed by atoms with Crippen LogP contribution in [-0.4, -0.2) is 25.1 Å². The fraction of sp³-hybridized carbons (Fsp3) is 0.304. The van der Waals surface area contributed by atoms with E-state index in [0.29, 0.717) is 35.2 Å². The van der Waals surface area contributed by atoms with E-state index >= 15 is 0 Å². The molecule has 0 saturated heterocycles. The molecule has 10 heteroatoms. The number of benzene rings is 1. The van der Waals surface area contributed by atoms with Gasteiger partial charge in [-0.15, -0.1) is 0 Å². The van der Waals surface area contributed by atoms with Crippen LogP contribution in [0.2, 0.25) is 0 Å². The van der Waals surface area contributed by atoms with Crippen molar-refractivity contribution in [3.8, 4) is 22.6 Å². The molecule has 1 aromatic carbocycles. The molecule has 1 saturated carbocycles. The summed E-state index contributed by atoms with van der Waals surface area (Å²) in [6.07, 6.45) is 6.79. The molecule has 2 N–H and O–H groups in total. The number of rotatable bonds is 7. The number of halogens is 2. The monoisotopic (exact) mass is 478 g/mol. The third-order valence-corrected chi connectivity index (χ3v) is 5.89. The quantitative estimate of drug-likeness (QED) is 0.521. The van der Waals surface area contributed by atoms with Gasteiger partial charge in [-0.05, 0) is 43.9 Å². The van der Waals surface area contributed by atoms with Gasteiger partial charge in [0, 0.05) is 64.8 Å². The third kappa shape index (κ3) is 5.63. The molecule has 1 atom stereocenters. The van der Waals surface area contributed by atoms with E-state index in [1.165, 1.54) is 23.1 Å². The number of hydrogen-bond acceptors (Lipinski definition) is 4. The Bertz CT molecular complexity index is 1330. The summed E-state index contributed by atoms with van der Waals surface area (Å²) in [6.45, 7) is 2.29. The van der Waals surface area contributed by atoms with Crippen molar-refractivity contribution in [2.45, 2.75) is 32.2 Å². The summed E-state index contributed by atoms with van der Waals surface area (Å²) >= 11 is 0. The molecule has 7 nitrogen and oxygen atoms in total. The molecule has 3 aromatic rings. The summed E-state index contributed by atoms with van der Waals surface area (Å²) in [4.78, 5) is 25.2. The van der Waals surface area contributed by atoms with E-state index in [1.807, 2.05) is 0 Å². The number of hydrogen-bond donors (Lipinski definition) is 0. The first-order valence-corrected chi connectivity index (χ1v) is 11.8. The average molecular weight is 479 g/mol. The molecule has 4 rings (SSSR count). The second-order valence-electron chi connectivity index (χ2n) is 8.05. The fourth-order valence-electron chi connectivity index (χ4n) is 3.48. The Kier molecular flexibility index (Phi) is 7.28. The molecule has 0 aliphatic heterocycles. The van der Waals surface area contributed by atoms with Gasteiger partial charge in [-0.25, -0.2) is 8.78 Å². The van der Waals surface area contributed by atoms with Crippen molar-refractivity contribution in [1.29, 1.82) is 0 Å². The minimum absolute atomic E-state index is 0. The molecule has 1 aliphatic carbocycles. The van der Waals surface area contributed by atoms with Crippen LogP contribution in [0.1, 0.15) is 18.4 Å². The van der Waals surface area contributed by atoms with E-state index in [9.17, 15) is 22.6 Å². The second-order valence-corrected chi connectivity index (χ2v) is 9.46. The Balaban J connectivity index is 0.00000306. The largest absolute Gasteiger partial charge is 0.453 e. The van der Waals surface area contributed by atoms with Gasteiger partial charge in [0.2, 0.25) is 0 Å². The Labute approximate surface area is 191 Å². The average Bonchev–Trinajstić information content (AvgIpc) is 3.53. The first-order valence-electron chi connectivity index (χ1n) is 10.1. The van der Waals surface area contributed by atoms with Crippen LogP contribution >= 0.6 is 0 Å². The maximum Gasteiger partial charge on any atom is 0.255 e. The lowest BCUT2D eigenvalue weighted by Crippen LogP contribution is -2.24. The summed E-state index contributed by atoms with van der Waals surface area (Å²) in [5.74, 6) is -1.43. The Morgan fingerprint density at radius 3 is 2.42 bits per heavy atom. The van der Waals surface area contributed by atoms with Crippen LogP contribution in [0.15, 0.2) is 52.3 Å². The summed E-state index contributed by atoms with van der Waals surface area (Å²) in [5.41, 5.74) is 0.946. The Morgan fingerprint density at radius 1 is 1.06 bits per heavy atom. The van der Waals surface area contributed by atoms with Crippen molar-refractivity contribution in [3.63, 3.8) is 0 Å². The van der Waals surface area contributed by atoms with Crippen LogP contribution in [0.3, 0.4) is 0 Å². The van der Waals surface area contributed by atoms with Gasteiger partial charge in [0.25, 0.3) is 11.1 Å². The molecule has 0 spiro atoms. The van der Waals surface area contributed by atoms with Gasteiger partial charge in [0.1, 0.15) is 17.4 Å². The van der Waals surface area contributed by atoms with E-state index in [1.54, 1.807) is 23.8 Å². The predicted molar refractivity (Wildman–Crippen MR) is 122 cm³/mol. The topological polar surface area (TPSA) is 102 Å². The van der Waals surface area contributed by atoms with Crippen LogP contribution in [0.4, 0.5) is 8.78 Å². The Hall–Kier alpha value is -3.11. The summed E-state index contributed by atoms with van der Waals surface area (Å²) in [6, 6.07) is 5.74. The molecule has 0 bridgehead atoms. The molecular weight excluding hydrogens is 454 g/mol. The highest BCUT2D eigenvalue weighted by molar-refractivity contribution is 7.83. The first-order chi connectivity index (χ1) is 15.2. The smallest absolute Gasteiger partial charge is 0.255 e. The maximum atomic E-state index is 14.2. The van der Waals surface area contributed by atoms with E-state index in [4.69, 9.17) is 4.74 Å². The van der Waals surface area contributed by atoms with Crippen LogP contribution in [0.5, 0.6) is 11.5 Å². The number of nitrogens with zero attached hydrogens (tertiary/aromatic N) is 2. The third-order valence-electron chi connectivity index (χ3n) is 5.25. The number of pyridine rings is 2. The zero-order valence-electron chi connectivity index (χ0n) is 18.1. The van der Waals surface area contributed by atoms with E-state index in [2.05, 4.69) is 0 Å². The van der Waals surface area contributed by atoms with Crippen LogP contribution in [-0.2, 0) is 23.2 Å². The molecular formula is C23H24F2N2O5S. The van der Waals surface area contributed by atoms with Gasteiger partial charge in [0.05, 0.1) is 0 Å². The minimum atomic E-state index is -1.29. The highest BCUT2D eigenvalue weighted by atomic mass is 32.2. The first kappa shape index (κ1) is 24.5. The normalized spacial score (nSPS) is 13.9. The van der Waals surface area contributed by atoms with Crippen molar-refractivity contribution in [3.05, 3.63) is 80.6 Å². The molecule has 0 radical (unpaired) electrons. The lowest BCUT2D eigenvalue weighted by molar-refractivity contribution is 0.437. The van der Waals surface area contributed by atoms with Crippen LogP contribution in [0, 0.1) is 24.5 Å². The van der Waals surface area contributed by atoms with Crippen molar-refractivity contribution in [2.24, 2.45) is 5.92 Å². The number of ether oxygens (including phenoxy) is 1. The molecule has 1 aliphatic rings. The van der Waals surface area contributed by atoms with Gasteiger partial charge in [0.15, 0.2) is 11.6 Å². The predicted octanol–water partition coefficient (Wildman–Crippen LogP) is 2.98. The van der Waals surface area contributed by atoms with Crippen molar-refractivity contribution in [2.75, 3.05) is 6.26 Å². The van der Waals surface area contributed by atoms with Crippen molar-refractivity contribution >= 4 is 10.8 Å². The lowest BCUT2D eigenvalue weighted by atomic mass is 10.1. The van der Waals surface area contributed by atoms with Gasteiger partial charge < -0.3 is 19.3 Å². The van der Waals surface area contributed by atoms with Crippen molar-refractivity contribution in [1.82, 2.24) is 9.13 Å². The minimum Gasteiger partial charge on any atom is -0.453 e. The molecule has 2 aromatic heterocycles. The van der Waals surface area contributed by atoms with E-state index < -0.39 is 28.0 Å². The highest BCUT2D eigenvalue weighted by Crippen LogP contribution is 2.34. The standard InChI is InChI=1S/C23H22F2N2O4S.H2O/c1-14-7-16(11-26(23(14)29)10-15-3-4-15)18-12-27(13-32(2)30)22(28)9-21(18)31-20-6-5-17(24)8-19(20)25;/h5-9,11-12,15H,3-4,10,13H2,1-2H3;1H2. The Morgan fingerprint density at radius 2 is 1.79 bits per heavy atom. The number of aromatic nitrogens is 2. The van der Waals surface area contributed by atoms with Gasteiger partial charge in [-0.1, -0.05) is 0 Å². The zero-order chi connectivity index (χ0) is 23.0. The number of aryl methyl sites for hydroxylation is 1. The second kappa shape index (κ2) is 9.80. The van der Waals surface area contributed by atoms with E-state index in [0.717, 1.165) is 25.0 Å². The molecule has 1 unspecified atom stereocenters. The molecule has 0 amide bonds. The summed E-state index contributed by atoms with van der Waals surface area (Å²) < 4.78 is 47.8. The molecule has 1 fully saturated rings. The van der Waals surface area contributed by atoms with Gasteiger partial charge in [-0.2, -0.15) is 0 Å². The maximum absolute atomic E-state index is 14.2. The molecule has 33 heavy (non-hydrogen) atoms. The SMILES string of the molecule is Cc1cc(-c2cn(CS(C)=O)c(=O)cc2Oc2ccc(F)cc2F)cn(CC2CC2)c1=O.O. The fourth-order valence-corrected chi connectivity index (χ4v) is 4.07. The molecule has 176 valence electrons.